The van der Waals surface area contributed by atoms with Crippen LogP contribution < -0.4 is 9.64 Å². The summed E-state index contributed by atoms with van der Waals surface area (Å²) < 4.78 is 5.50. The standard InChI is InChI=1S/C19H28N2O2/c1-2-23-18-9-7-16(8-10-18)14-20-11-5-6-17(15-20)19(22)21-12-3-4-13-21/h7-10,17H,2-6,11-15H2,1H3/p+1/t17-/m1/s1. The second kappa shape index (κ2) is 7.82. The number of hydrogen-bond acceptors (Lipinski definition) is 2. The summed E-state index contributed by atoms with van der Waals surface area (Å²) in [6.07, 6.45) is 4.60. The summed E-state index contributed by atoms with van der Waals surface area (Å²) in [4.78, 5) is 16.2. The van der Waals surface area contributed by atoms with Gasteiger partial charge in [-0.25, -0.2) is 0 Å². The Morgan fingerprint density at radius 1 is 1.22 bits per heavy atom. The van der Waals surface area contributed by atoms with E-state index in [2.05, 4.69) is 29.2 Å². The summed E-state index contributed by atoms with van der Waals surface area (Å²) >= 11 is 0. The molecule has 0 saturated carbocycles. The normalized spacial score (nSPS) is 24.7. The Balaban J connectivity index is 1.54. The van der Waals surface area contributed by atoms with Crippen LogP contribution in [0.1, 0.15) is 38.2 Å². The molecule has 126 valence electrons. The van der Waals surface area contributed by atoms with E-state index in [1.807, 2.05) is 6.92 Å². The van der Waals surface area contributed by atoms with Crippen molar-refractivity contribution in [2.45, 2.75) is 39.2 Å². The van der Waals surface area contributed by atoms with Crippen LogP contribution in [0.5, 0.6) is 5.75 Å². The molecule has 0 aliphatic carbocycles. The van der Waals surface area contributed by atoms with Gasteiger partial charge in [0, 0.05) is 18.7 Å². The molecule has 2 atom stereocenters. The lowest BCUT2D eigenvalue weighted by Gasteiger charge is -2.31. The molecule has 2 fully saturated rings. The molecule has 1 aromatic rings. The summed E-state index contributed by atoms with van der Waals surface area (Å²) in [5.41, 5.74) is 1.33. The van der Waals surface area contributed by atoms with Gasteiger partial charge in [0.2, 0.25) is 5.91 Å². The maximum atomic E-state index is 12.6. The average Bonchev–Trinajstić information content (AvgIpc) is 3.11. The third kappa shape index (κ3) is 4.25. The molecule has 2 heterocycles. The Morgan fingerprint density at radius 3 is 2.65 bits per heavy atom. The topological polar surface area (TPSA) is 34.0 Å². The van der Waals surface area contributed by atoms with Gasteiger partial charge < -0.3 is 14.5 Å². The van der Waals surface area contributed by atoms with Gasteiger partial charge in [-0.2, -0.15) is 0 Å². The maximum absolute atomic E-state index is 12.6. The number of benzene rings is 1. The summed E-state index contributed by atoms with van der Waals surface area (Å²) in [7, 11) is 0. The molecule has 0 spiro atoms. The highest BCUT2D eigenvalue weighted by Crippen LogP contribution is 2.17. The van der Waals surface area contributed by atoms with Crippen LogP contribution in [-0.4, -0.2) is 43.6 Å². The van der Waals surface area contributed by atoms with Crippen LogP contribution in [0.25, 0.3) is 0 Å². The first-order valence-corrected chi connectivity index (χ1v) is 9.10. The number of piperidine rings is 1. The number of rotatable bonds is 5. The summed E-state index contributed by atoms with van der Waals surface area (Å²) in [5.74, 6) is 1.58. The molecule has 1 unspecified atom stereocenters. The molecule has 2 saturated heterocycles. The fourth-order valence-corrected chi connectivity index (χ4v) is 3.88. The number of carbonyl (C=O) groups excluding carboxylic acids is 1. The molecular formula is C19H29N2O2+. The lowest BCUT2D eigenvalue weighted by atomic mass is 9.96. The summed E-state index contributed by atoms with van der Waals surface area (Å²) in [5, 5.41) is 0. The number of hydrogen-bond donors (Lipinski definition) is 1. The lowest BCUT2D eigenvalue weighted by Crippen LogP contribution is -3.12. The Bertz CT molecular complexity index is 509. The van der Waals surface area contributed by atoms with Crippen LogP contribution in [0.3, 0.4) is 0 Å². The molecule has 0 radical (unpaired) electrons. The van der Waals surface area contributed by atoms with E-state index in [0.717, 1.165) is 44.8 Å². The molecule has 1 amide bonds. The molecule has 1 aromatic carbocycles. The molecule has 23 heavy (non-hydrogen) atoms. The molecular weight excluding hydrogens is 288 g/mol. The average molecular weight is 317 g/mol. The van der Waals surface area contributed by atoms with Crippen molar-refractivity contribution in [1.82, 2.24) is 4.90 Å². The first-order chi connectivity index (χ1) is 11.3. The maximum Gasteiger partial charge on any atom is 0.231 e. The second-order valence-electron chi connectivity index (χ2n) is 6.83. The fourth-order valence-electron chi connectivity index (χ4n) is 3.88. The highest BCUT2D eigenvalue weighted by molar-refractivity contribution is 5.79. The van der Waals surface area contributed by atoms with E-state index in [4.69, 9.17) is 4.74 Å². The highest BCUT2D eigenvalue weighted by atomic mass is 16.5. The van der Waals surface area contributed by atoms with Gasteiger partial charge in [0.1, 0.15) is 12.3 Å². The third-order valence-electron chi connectivity index (χ3n) is 5.07. The van der Waals surface area contributed by atoms with Crippen molar-refractivity contribution in [1.29, 1.82) is 0 Å². The van der Waals surface area contributed by atoms with E-state index < -0.39 is 0 Å². The molecule has 0 bridgehead atoms. The Kier molecular flexibility index (Phi) is 5.55. The predicted molar refractivity (Wildman–Crippen MR) is 90.5 cm³/mol. The van der Waals surface area contributed by atoms with Crippen LogP contribution in [0.15, 0.2) is 24.3 Å². The number of ether oxygens (including phenoxy) is 1. The van der Waals surface area contributed by atoms with E-state index in [9.17, 15) is 4.79 Å². The van der Waals surface area contributed by atoms with Crippen molar-refractivity contribution in [3.05, 3.63) is 29.8 Å². The van der Waals surface area contributed by atoms with Gasteiger partial charge >= 0.3 is 0 Å². The monoisotopic (exact) mass is 317 g/mol. The predicted octanol–water partition coefficient (Wildman–Crippen LogP) is 1.50. The molecule has 3 rings (SSSR count). The number of carbonyl (C=O) groups is 1. The van der Waals surface area contributed by atoms with E-state index >= 15 is 0 Å². The van der Waals surface area contributed by atoms with E-state index in [1.54, 1.807) is 0 Å². The van der Waals surface area contributed by atoms with Crippen LogP contribution in [0.4, 0.5) is 0 Å². The summed E-state index contributed by atoms with van der Waals surface area (Å²) in [6, 6.07) is 8.41. The first-order valence-electron chi connectivity index (χ1n) is 9.10. The number of nitrogens with zero attached hydrogens (tertiary/aromatic N) is 1. The quantitative estimate of drug-likeness (QED) is 0.893. The number of likely N-dealkylation sites (tertiary alicyclic amines) is 2. The minimum Gasteiger partial charge on any atom is -0.494 e. The van der Waals surface area contributed by atoms with Crippen molar-refractivity contribution >= 4 is 5.91 Å². The van der Waals surface area contributed by atoms with E-state index in [-0.39, 0.29) is 5.92 Å². The SMILES string of the molecule is CCOc1ccc(C[NH+]2CCC[C@@H](C(=O)N3CCCC3)C2)cc1. The second-order valence-corrected chi connectivity index (χ2v) is 6.83. The molecule has 4 nitrogen and oxygen atoms in total. The van der Waals surface area contributed by atoms with Crippen molar-refractivity contribution < 1.29 is 14.4 Å². The molecule has 4 heteroatoms. The van der Waals surface area contributed by atoms with Crippen molar-refractivity contribution in [3.8, 4) is 5.75 Å². The van der Waals surface area contributed by atoms with Crippen molar-refractivity contribution in [2.24, 2.45) is 5.92 Å². The van der Waals surface area contributed by atoms with Crippen molar-refractivity contribution in [3.63, 3.8) is 0 Å². The van der Waals surface area contributed by atoms with Crippen LogP contribution in [0, 0.1) is 5.92 Å². The molecule has 1 N–H and O–H groups in total. The molecule has 2 aliphatic heterocycles. The zero-order valence-electron chi connectivity index (χ0n) is 14.2. The Labute approximate surface area is 139 Å². The van der Waals surface area contributed by atoms with Gasteiger partial charge in [-0.1, -0.05) is 0 Å². The lowest BCUT2D eigenvalue weighted by molar-refractivity contribution is -0.921. The number of amides is 1. The summed E-state index contributed by atoms with van der Waals surface area (Å²) in [6.45, 7) is 7.84. The van der Waals surface area contributed by atoms with Crippen LogP contribution in [0.2, 0.25) is 0 Å². The van der Waals surface area contributed by atoms with Crippen LogP contribution in [-0.2, 0) is 11.3 Å². The minimum absolute atomic E-state index is 0.236. The molecule has 0 aromatic heterocycles. The van der Waals surface area contributed by atoms with E-state index in [1.165, 1.54) is 29.8 Å². The Hall–Kier alpha value is -1.55. The largest absolute Gasteiger partial charge is 0.494 e. The smallest absolute Gasteiger partial charge is 0.231 e. The number of nitrogens with one attached hydrogen (secondary N) is 1. The Morgan fingerprint density at radius 2 is 1.96 bits per heavy atom. The van der Waals surface area contributed by atoms with Gasteiger partial charge in [0.25, 0.3) is 0 Å². The van der Waals surface area contributed by atoms with Crippen molar-refractivity contribution in [2.75, 3.05) is 32.8 Å². The fraction of sp³-hybridized carbons (Fsp3) is 0.632. The highest BCUT2D eigenvalue weighted by Gasteiger charge is 2.32. The van der Waals surface area contributed by atoms with Gasteiger partial charge in [-0.05, 0) is 56.9 Å². The van der Waals surface area contributed by atoms with Gasteiger partial charge in [-0.15, -0.1) is 0 Å². The van der Waals surface area contributed by atoms with Gasteiger partial charge in [-0.3, -0.25) is 4.79 Å². The van der Waals surface area contributed by atoms with Gasteiger partial charge in [0.05, 0.1) is 25.6 Å². The van der Waals surface area contributed by atoms with Crippen LogP contribution >= 0.6 is 0 Å². The zero-order chi connectivity index (χ0) is 16.1. The van der Waals surface area contributed by atoms with Gasteiger partial charge in [0.15, 0.2) is 0 Å². The zero-order valence-corrected chi connectivity index (χ0v) is 14.2. The first kappa shape index (κ1) is 16.3. The third-order valence-corrected chi connectivity index (χ3v) is 5.07. The minimum atomic E-state index is 0.236. The van der Waals surface area contributed by atoms with E-state index in [0.29, 0.717) is 12.5 Å². The number of quaternary nitrogens is 1. The molecule has 2 aliphatic rings.